The van der Waals surface area contributed by atoms with Crippen LogP contribution in [0.1, 0.15) is 5.69 Å². The SMILES string of the molecule is COc1ccc2c(c1)nc(C)c1oc3ccc4ccccc4c3c12. The molecule has 0 amide bonds. The molecular weight excluding hydrogens is 298 g/mol. The summed E-state index contributed by atoms with van der Waals surface area (Å²) in [7, 11) is 1.67. The lowest BCUT2D eigenvalue weighted by atomic mass is 10.0. The van der Waals surface area contributed by atoms with Gasteiger partial charge in [0.25, 0.3) is 0 Å². The molecule has 0 unspecified atom stereocenters. The monoisotopic (exact) mass is 313 g/mol. The standard InChI is InChI=1S/C21H15NO2/c1-12-21-20(16-9-8-14(23-2)11-17(16)22-12)19-15-6-4-3-5-13(15)7-10-18(19)24-21/h3-11H,1-2H3. The van der Waals surface area contributed by atoms with E-state index >= 15 is 0 Å². The molecule has 0 spiro atoms. The van der Waals surface area contributed by atoms with Crippen molar-refractivity contribution in [1.29, 1.82) is 0 Å². The van der Waals surface area contributed by atoms with E-state index in [2.05, 4.69) is 36.4 Å². The summed E-state index contributed by atoms with van der Waals surface area (Å²) in [5.41, 5.74) is 3.58. The number of nitrogens with zero attached hydrogens (tertiary/aromatic N) is 1. The zero-order valence-electron chi connectivity index (χ0n) is 13.5. The predicted octanol–water partition coefficient (Wildman–Crippen LogP) is 5.60. The van der Waals surface area contributed by atoms with Gasteiger partial charge >= 0.3 is 0 Å². The summed E-state index contributed by atoms with van der Waals surface area (Å²) >= 11 is 0. The van der Waals surface area contributed by atoms with E-state index in [1.165, 1.54) is 10.8 Å². The molecule has 0 fully saturated rings. The molecule has 0 aliphatic rings. The molecule has 2 heterocycles. The Morgan fingerprint density at radius 3 is 2.67 bits per heavy atom. The molecule has 5 rings (SSSR count). The van der Waals surface area contributed by atoms with Gasteiger partial charge in [-0.15, -0.1) is 0 Å². The largest absolute Gasteiger partial charge is 0.497 e. The third-order valence-electron chi connectivity index (χ3n) is 4.67. The number of fused-ring (bicyclic) bond motifs is 7. The Morgan fingerprint density at radius 1 is 0.917 bits per heavy atom. The first-order chi connectivity index (χ1) is 11.8. The molecule has 0 saturated carbocycles. The Bertz CT molecular complexity index is 1250. The summed E-state index contributed by atoms with van der Waals surface area (Å²) in [4.78, 5) is 4.71. The molecule has 0 atom stereocenters. The van der Waals surface area contributed by atoms with E-state index in [1.807, 2.05) is 25.1 Å². The maximum atomic E-state index is 6.16. The molecule has 0 aliphatic heterocycles. The zero-order chi connectivity index (χ0) is 16.3. The van der Waals surface area contributed by atoms with Crippen LogP contribution in [0.5, 0.6) is 5.75 Å². The van der Waals surface area contributed by atoms with Crippen LogP contribution in [0, 0.1) is 6.92 Å². The van der Waals surface area contributed by atoms with Crippen molar-refractivity contribution >= 4 is 43.6 Å². The fourth-order valence-corrected chi connectivity index (χ4v) is 3.55. The number of benzene rings is 3. The number of hydrogen-bond acceptors (Lipinski definition) is 3. The van der Waals surface area contributed by atoms with Crippen LogP contribution in [0.2, 0.25) is 0 Å². The number of pyridine rings is 1. The zero-order valence-corrected chi connectivity index (χ0v) is 13.5. The summed E-state index contributed by atoms with van der Waals surface area (Å²) in [6.45, 7) is 1.99. The van der Waals surface area contributed by atoms with Crippen molar-refractivity contribution in [2.45, 2.75) is 6.92 Å². The molecule has 0 radical (unpaired) electrons. The van der Waals surface area contributed by atoms with Gasteiger partial charge in [-0.1, -0.05) is 30.3 Å². The van der Waals surface area contributed by atoms with Gasteiger partial charge in [-0.05, 0) is 35.9 Å². The highest BCUT2D eigenvalue weighted by molar-refractivity contribution is 6.26. The van der Waals surface area contributed by atoms with Gasteiger partial charge in [0.05, 0.1) is 18.3 Å². The summed E-state index contributed by atoms with van der Waals surface area (Å²) in [5, 5.41) is 5.79. The number of hydrogen-bond donors (Lipinski definition) is 0. The molecule has 116 valence electrons. The molecule has 5 aromatic rings. The van der Waals surface area contributed by atoms with Crippen molar-refractivity contribution in [2.24, 2.45) is 0 Å². The third kappa shape index (κ3) is 1.69. The second-order valence-corrected chi connectivity index (χ2v) is 6.05. The molecule has 24 heavy (non-hydrogen) atoms. The maximum absolute atomic E-state index is 6.16. The minimum Gasteiger partial charge on any atom is -0.497 e. The molecular formula is C21H15NO2. The van der Waals surface area contributed by atoms with Crippen LogP contribution in [0.15, 0.2) is 59.0 Å². The Labute approximate surface area is 138 Å². The Balaban J connectivity index is 2.09. The van der Waals surface area contributed by atoms with Crippen molar-refractivity contribution in [3.8, 4) is 5.75 Å². The highest BCUT2D eigenvalue weighted by atomic mass is 16.5. The quantitative estimate of drug-likeness (QED) is 0.404. The second kappa shape index (κ2) is 4.71. The fourth-order valence-electron chi connectivity index (χ4n) is 3.55. The molecule has 0 saturated heterocycles. The van der Waals surface area contributed by atoms with Crippen LogP contribution < -0.4 is 4.74 Å². The Morgan fingerprint density at radius 2 is 1.79 bits per heavy atom. The fraction of sp³-hybridized carbons (Fsp3) is 0.0952. The van der Waals surface area contributed by atoms with Crippen LogP contribution in [-0.2, 0) is 0 Å². The third-order valence-corrected chi connectivity index (χ3v) is 4.67. The highest BCUT2D eigenvalue weighted by Crippen LogP contribution is 2.39. The normalized spacial score (nSPS) is 11.8. The van der Waals surface area contributed by atoms with Gasteiger partial charge in [-0.3, -0.25) is 0 Å². The molecule has 2 aromatic heterocycles. The van der Waals surface area contributed by atoms with Gasteiger partial charge in [0.15, 0.2) is 5.58 Å². The predicted molar refractivity (Wildman–Crippen MR) is 97.8 cm³/mol. The molecule has 0 bridgehead atoms. The lowest BCUT2D eigenvalue weighted by Gasteiger charge is -2.05. The number of methoxy groups -OCH3 is 1. The van der Waals surface area contributed by atoms with Gasteiger partial charge in [0, 0.05) is 22.2 Å². The van der Waals surface area contributed by atoms with Gasteiger partial charge in [-0.2, -0.15) is 0 Å². The maximum Gasteiger partial charge on any atom is 0.157 e. The molecule has 3 heteroatoms. The minimum atomic E-state index is 0.811. The molecule has 3 aromatic carbocycles. The minimum absolute atomic E-state index is 0.811. The topological polar surface area (TPSA) is 35.3 Å². The van der Waals surface area contributed by atoms with Crippen LogP contribution >= 0.6 is 0 Å². The van der Waals surface area contributed by atoms with Gasteiger partial charge in [-0.25, -0.2) is 4.98 Å². The summed E-state index contributed by atoms with van der Waals surface area (Å²) < 4.78 is 11.5. The van der Waals surface area contributed by atoms with E-state index in [4.69, 9.17) is 14.1 Å². The highest BCUT2D eigenvalue weighted by Gasteiger charge is 2.16. The van der Waals surface area contributed by atoms with Crippen LogP contribution in [-0.4, -0.2) is 12.1 Å². The van der Waals surface area contributed by atoms with E-state index in [9.17, 15) is 0 Å². The average Bonchev–Trinajstić information content (AvgIpc) is 3.02. The first-order valence-electron chi connectivity index (χ1n) is 7.94. The van der Waals surface area contributed by atoms with E-state index in [0.29, 0.717) is 0 Å². The number of ether oxygens (including phenoxy) is 1. The number of aromatic nitrogens is 1. The summed E-state index contributed by atoms with van der Waals surface area (Å²) in [6, 6.07) is 18.6. The summed E-state index contributed by atoms with van der Waals surface area (Å²) in [6.07, 6.45) is 0. The van der Waals surface area contributed by atoms with Crippen LogP contribution in [0.3, 0.4) is 0 Å². The molecule has 0 N–H and O–H groups in total. The molecule has 3 nitrogen and oxygen atoms in total. The van der Waals surface area contributed by atoms with Crippen LogP contribution in [0.4, 0.5) is 0 Å². The smallest absolute Gasteiger partial charge is 0.157 e. The number of aryl methyl sites for hydroxylation is 1. The first kappa shape index (κ1) is 13.4. The van der Waals surface area contributed by atoms with Crippen molar-refractivity contribution < 1.29 is 9.15 Å². The van der Waals surface area contributed by atoms with Gasteiger partial charge in [0.1, 0.15) is 11.3 Å². The lowest BCUT2D eigenvalue weighted by molar-refractivity contribution is 0.415. The van der Waals surface area contributed by atoms with Gasteiger partial charge in [0.2, 0.25) is 0 Å². The van der Waals surface area contributed by atoms with Crippen molar-refractivity contribution in [1.82, 2.24) is 4.98 Å². The number of furan rings is 1. The van der Waals surface area contributed by atoms with Crippen molar-refractivity contribution in [3.05, 3.63) is 60.3 Å². The average molecular weight is 313 g/mol. The van der Waals surface area contributed by atoms with Crippen LogP contribution in [0.25, 0.3) is 43.6 Å². The first-order valence-corrected chi connectivity index (χ1v) is 7.94. The van der Waals surface area contributed by atoms with E-state index in [1.54, 1.807) is 7.11 Å². The molecule has 0 aliphatic carbocycles. The van der Waals surface area contributed by atoms with Gasteiger partial charge < -0.3 is 9.15 Å². The van der Waals surface area contributed by atoms with E-state index < -0.39 is 0 Å². The Hall–Kier alpha value is -3.07. The number of rotatable bonds is 1. The van der Waals surface area contributed by atoms with E-state index in [-0.39, 0.29) is 0 Å². The Kier molecular flexibility index (Phi) is 2.63. The second-order valence-electron chi connectivity index (χ2n) is 6.05. The van der Waals surface area contributed by atoms with Crippen molar-refractivity contribution in [3.63, 3.8) is 0 Å². The van der Waals surface area contributed by atoms with E-state index in [0.717, 1.165) is 44.3 Å². The lowest BCUT2D eigenvalue weighted by Crippen LogP contribution is -1.88. The summed E-state index contributed by atoms with van der Waals surface area (Å²) in [5.74, 6) is 0.811. The van der Waals surface area contributed by atoms with Crippen molar-refractivity contribution in [2.75, 3.05) is 7.11 Å².